The molecule has 7 nitrogen and oxygen atoms in total. The first-order valence-corrected chi connectivity index (χ1v) is 9.72. The van der Waals surface area contributed by atoms with Crippen LogP contribution in [0.5, 0.6) is 17.5 Å². The van der Waals surface area contributed by atoms with Gasteiger partial charge in [-0.2, -0.15) is 10.2 Å². The molecular weight excluding hydrogens is 371 g/mol. The summed E-state index contributed by atoms with van der Waals surface area (Å²) < 4.78 is 16.9. The van der Waals surface area contributed by atoms with Crippen molar-refractivity contribution in [3.05, 3.63) is 41.0 Å². The fraction of sp³-hybridized carbons (Fsp3) is 0.381. The lowest BCUT2D eigenvalue weighted by Gasteiger charge is -2.13. The molecule has 8 heteroatoms. The molecule has 148 valence electrons. The number of nitrogens with zero attached hydrogens (tertiary/aromatic N) is 2. The summed E-state index contributed by atoms with van der Waals surface area (Å²) in [5.74, 6) is 1.59. The number of pyridine rings is 1. The second-order valence-corrected chi connectivity index (χ2v) is 7.40. The van der Waals surface area contributed by atoms with Gasteiger partial charge in [-0.15, -0.1) is 0 Å². The lowest BCUT2D eigenvalue weighted by atomic mass is 9.80. The summed E-state index contributed by atoms with van der Waals surface area (Å²) in [5.41, 5.74) is 2.93. The average Bonchev–Trinajstić information content (AvgIpc) is 3.48. The number of carbonyl (C=O) groups excluding carboxylic acids is 1. The van der Waals surface area contributed by atoms with E-state index in [1.54, 1.807) is 25.1 Å². The van der Waals surface area contributed by atoms with E-state index in [2.05, 4.69) is 11.1 Å². The molecule has 1 N–H and O–H groups in total. The van der Waals surface area contributed by atoms with Crippen molar-refractivity contribution in [3.8, 4) is 23.6 Å². The first kappa shape index (κ1) is 19.4. The molecular formula is C21H21BN2O5. The fourth-order valence-corrected chi connectivity index (χ4v) is 3.38. The second-order valence-electron chi connectivity index (χ2n) is 7.40. The predicted molar refractivity (Wildman–Crippen MR) is 105 cm³/mol. The van der Waals surface area contributed by atoms with Gasteiger partial charge < -0.3 is 23.9 Å². The number of hydrogen-bond donors (Lipinski definition) is 1. The molecule has 1 aliphatic carbocycles. The Morgan fingerprint density at radius 1 is 1.41 bits per heavy atom. The molecule has 0 atom stereocenters. The van der Waals surface area contributed by atoms with E-state index in [-0.39, 0.29) is 11.7 Å². The Morgan fingerprint density at radius 3 is 2.97 bits per heavy atom. The maximum absolute atomic E-state index is 11.1. The summed E-state index contributed by atoms with van der Waals surface area (Å²) in [7, 11) is -0.899. The highest BCUT2D eigenvalue weighted by molar-refractivity contribution is 6.61. The molecule has 0 bridgehead atoms. The van der Waals surface area contributed by atoms with Gasteiger partial charge in [-0.1, -0.05) is 6.07 Å². The van der Waals surface area contributed by atoms with Crippen molar-refractivity contribution < 1.29 is 23.9 Å². The number of hydrogen-bond acceptors (Lipinski definition) is 7. The van der Waals surface area contributed by atoms with Crippen LogP contribution in [0.3, 0.4) is 0 Å². The minimum Gasteiger partial charge on any atom is -0.477 e. The summed E-state index contributed by atoms with van der Waals surface area (Å²) in [5, 5.41) is 19.4. The molecule has 0 spiro atoms. The zero-order chi connectivity index (χ0) is 20.4. The van der Waals surface area contributed by atoms with Crippen molar-refractivity contribution in [2.45, 2.75) is 45.1 Å². The average molecular weight is 392 g/mol. The van der Waals surface area contributed by atoms with E-state index in [0.29, 0.717) is 49.2 Å². The summed E-state index contributed by atoms with van der Waals surface area (Å²) >= 11 is 0. The normalized spacial score (nSPS) is 15.0. The fourth-order valence-electron chi connectivity index (χ4n) is 3.38. The Morgan fingerprint density at radius 2 is 2.24 bits per heavy atom. The van der Waals surface area contributed by atoms with E-state index in [1.165, 1.54) is 0 Å². The van der Waals surface area contributed by atoms with Gasteiger partial charge in [0, 0.05) is 12.5 Å². The van der Waals surface area contributed by atoms with Gasteiger partial charge in [-0.3, -0.25) is 0 Å². The van der Waals surface area contributed by atoms with E-state index >= 15 is 0 Å². The number of aromatic nitrogens is 1. The van der Waals surface area contributed by atoms with Gasteiger partial charge in [-0.25, -0.2) is 0 Å². The standard InChI is InChI=1S/C21H21BN2O5/c1-13(25)3-2-8-27-21-18(11-23)17(14-4-5-14)10-20(24-21)29-16-6-7-19-15(9-16)12-28-22(19)26/h6-7,9-10,14,26H,2-5,8,12H2,1H3. The van der Waals surface area contributed by atoms with Crippen molar-refractivity contribution >= 4 is 18.4 Å². The van der Waals surface area contributed by atoms with Crippen LogP contribution in [-0.4, -0.2) is 29.5 Å². The van der Waals surface area contributed by atoms with Gasteiger partial charge in [0.05, 0.1) is 13.2 Å². The molecule has 1 aromatic heterocycles. The van der Waals surface area contributed by atoms with Crippen LogP contribution in [0.15, 0.2) is 24.3 Å². The zero-order valence-corrected chi connectivity index (χ0v) is 16.2. The lowest BCUT2D eigenvalue weighted by molar-refractivity contribution is -0.117. The summed E-state index contributed by atoms with van der Waals surface area (Å²) in [6.07, 6.45) is 3.04. The van der Waals surface area contributed by atoms with Crippen molar-refractivity contribution in [3.63, 3.8) is 0 Å². The minimum atomic E-state index is -0.899. The molecule has 0 saturated heterocycles. The molecule has 1 fully saturated rings. The van der Waals surface area contributed by atoms with Gasteiger partial charge in [0.15, 0.2) is 0 Å². The molecule has 0 unspecified atom stereocenters. The number of ether oxygens (including phenoxy) is 2. The van der Waals surface area contributed by atoms with E-state index < -0.39 is 7.12 Å². The highest BCUT2D eigenvalue weighted by atomic mass is 16.5. The number of carbonyl (C=O) groups is 1. The van der Waals surface area contributed by atoms with Crippen LogP contribution < -0.4 is 14.9 Å². The quantitative estimate of drug-likeness (QED) is 0.544. The van der Waals surface area contributed by atoms with Gasteiger partial charge in [0.1, 0.15) is 23.2 Å². The maximum Gasteiger partial charge on any atom is 0.491 e. The monoisotopic (exact) mass is 392 g/mol. The van der Waals surface area contributed by atoms with E-state index in [9.17, 15) is 15.1 Å². The SMILES string of the molecule is CC(=O)CCCOc1nc(Oc2ccc3c(c2)COB3O)cc(C2CC2)c1C#N. The number of fused-ring (bicyclic) bond motifs is 1. The molecule has 1 aliphatic heterocycles. The highest BCUT2D eigenvalue weighted by Gasteiger charge is 2.30. The summed E-state index contributed by atoms with van der Waals surface area (Å²) in [6, 6.07) is 9.35. The molecule has 2 aliphatic rings. The number of ketones is 1. The third-order valence-corrected chi connectivity index (χ3v) is 5.03. The smallest absolute Gasteiger partial charge is 0.477 e. The Kier molecular flexibility index (Phi) is 5.52. The third kappa shape index (κ3) is 4.42. The van der Waals surface area contributed by atoms with Crippen LogP contribution in [0.1, 0.15) is 55.2 Å². The van der Waals surface area contributed by atoms with E-state index in [1.807, 2.05) is 6.07 Å². The van der Waals surface area contributed by atoms with Gasteiger partial charge >= 0.3 is 7.12 Å². The van der Waals surface area contributed by atoms with E-state index in [4.69, 9.17) is 14.1 Å². The molecule has 1 aromatic carbocycles. The molecule has 1 saturated carbocycles. The lowest BCUT2D eigenvalue weighted by Crippen LogP contribution is -2.27. The Hall–Kier alpha value is -2.89. The van der Waals surface area contributed by atoms with Crippen molar-refractivity contribution in [2.24, 2.45) is 0 Å². The largest absolute Gasteiger partial charge is 0.491 e. The van der Waals surface area contributed by atoms with Gasteiger partial charge in [0.2, 0.25) is 11.8 Å². The molecule has 4 rings (SSSR count). The van der Waals surface area contributed by atoms with E-state index in [0.717, 1.165) is 29.4 Å². The minimum absolute atomic E-state index is 0.100. The number of Topliss-reactive ketones (excluding diaryl/α,β-unsaturated/α-hetero) is 1. The summed E-state index contributed by atoms with van der Waals surface area (Å²) in [4.78, 5) is 15.5. The molecule has 29 heavy (non-hydrogen) atoms. The Balaban J connectivity index is 1.58. The molecule has 0 radical (unpaired) electrons. The van der Waals surface area contributed by atoms with Crippen molar-refractivity contribution in [1.29, 1.82) is 5.26 Å². The van der Waals surface area contributed by atoms with Crippen LogP contribution in [-0.2, 0) is 16.1 Å². The first-order valence-electron chi connectivity index (χ1n) is 9.72. The van der Waals surface area contributed by atoms with Crippen LogP contribution in [0.25, 0.3) is 0 Å². The van der Waals surface area contributed by atoms with Crippen LogP contribution in [0.4, 0.5) is 0 Å². The zero-order valence-electron chi connectivity index (χ0n) is 16.2. The van der Waals surface area contributed by atoms with Crippen LogP contribution >= 0.6 is 0 Å². The predicted octanol–water partition coefficient (Wildman–Crippen LogP) is 2.59. The van der Waals surface area contributed by atoms with Crippen LogP contribution in [0.2, 0.25) is 0 Å². The molecule has 2 heterocycles. The number of rotatable bonds is 8. The first-order chi connectivity index (χ1) is 14.0. The Bertz CT molecular complexity index is 984. The van der Waals surface area contributed by atoms with Crippen LogP contribution in [0, 0.1) is 11.3 Å². The van der Waals surface area contributed by atoms with Crippen molar-refractivity contribution in [2.75, 3.05) is 6.61 Å². The topological polar surface area (TPSA) is 102 Å². The maximum atomic E-state index is 11.1. The number of benzene rings is 1. The highest BCUT2D eigenvalue weighted by Crippen LogP contribution is 2.44. The van der Waals surface area contributed by atoms with Crippen molar-refractivity contribution in [1.82, 2.24) is 4.98 Å². The van der Waals surface area contributed by atoms with Gasteiger partial charge in [-0.05, 0) is 60.8 Å². The summed E-state index contributed by atoms with van der Waals surface area (Å²) in [6.45, 7) is 2.18. The Labute approximate surface area is 169 Å². The molecule has 2 aromatic rings. The molecule has 0 amide bonds. The second kappa shape index (κ2) is 8.23. The third-order valence-electron chi connectivity index (χ3n) is 5.03. The van der Waals surface area contributed by atoms with Gasteiger partial charge in [0.25, 0.3) is 0 Å². The number of nitriles is 1.